The van der Waals surface area contributed by atoms with Gasteiger partial charge in [-0.2, -0.15) is 0 Å². The van der Waals surface area contributed by atoms with Crippen LogP contribution >= 0.6 is 0 Å². The van der Waals surface area contributed by atoms with Crippen molar-refractivity contribution in [2.24, 2.45) is 5.92 Å². The summed E-state index contributed by atoms with van der Waals surface area (Å²) >= 11 is 0. The van der Waals surface area contributed by atoms with Gasteiger partial charge in [0.2, 0.25) is 0 Å². The first-order valence-corrected chi connectivity index (χ1v) is 14.4. The summed E-state index contributed by atoms with van der Waals surface area (Å²) in [5.41, 5.74) is 6.83. The summed E-state index contributed by atoms with van der Waals surface area (Å²) in [4.78, 5) is 39.2. The predicted octanol–water partition coefficient (Wildman–Crippen LogP) is 1.73. The number of nitrogens with zero attached hydrogens (tertiary/aromatic N) is 5. The predicted molar refractivity (Wildman–Crippen MR) is 160 cm³/mol. The van der Waals surface area contributed by atoms with Gasteiger partial charge in [-0.3, -0.25) is 19.1 Å². The number of piperidine rings is 3. The van der Waals surface area contributed by atoms with Gasteiger partial charge in [-0.25, -0.2) is 10.1 Å². The van der Waals surface area contributed by atoms with Crippen LogP contribution in [0.25, 0.3) is 22.2 Å². The van der Waals surface area contributed by atoms with Crippen molar-refractivity contribution < 1.29 is 14.4 Å². The minimum Gasteiger partial charge on any atom is -0.382 e. The summed E-state index contributed by atoms with van der Waals surface area (Å²) in [5, 5.41) is 17.6. The smallest absolute Gasteiger partial charge is 0.362 e. The van der Waals surface area contributed by atoms with E-state index in [-0.39, 0.29) is 22.9 Å². The van der Waals surface area contributed by atoms with Crippen molar-refractivity contribution in [3.05, 3.63) is 94.3 Å². The van der Waals surface area contributed by atoms with E-state index in [0.29, 0.717) is 40.2 Å². The molecule has 2 atom stereocenters. The van der Waals surface area contributed by atoms with Gasteiger partial charge in [0.1, 0.15) is 23.8 Å². The Hall–Kier alpha value is -5.05. The van der Waals surface area contributed by atoms with Crippen molar-refractivity contribution in [3.8, 4) is 17.5 Å². The number of carbonyl (C=O) groups excluding carboxylic acids is 1. The Kier molecular flexibility index (Phi) is 6.45. The molecule has 43 heavy (non-hydrogen) atoms. The van der Waals surface area contributed by atoms with Gasteiger partial charge in [-0.05, 0) is 62.1 Å². The summed E-state index contributed by atoms with van der Waals surface area (Å²) in [6.07, 6.45) is 5.12. The summed E-state index contributed by atoms with van der Waals surface area (Å²) in [7, 11) is 0. The zero-order valence-corrected chi connectivity index (χ0v) is 23.6. The third-order valence-electron chi connectivity index (χ3n) is 8.52. The first kappa shape index (κ1) is 26.8. The Labute approximate surface area is 247 Å². The molecule has 216 valence electrons. The average Bonchev–Trinajstić information content (AvgIpc) is 3.36. The molecule has 2 bridgehead atoms. The fourth-order valence-electron chi connectivity index (χ4n) is 6.33. The molecular weight excluding hydrogens is 544 g/mol. The number of fused-ring (bicyclic) bond motifs is 5. The SMILES string of the molecule is CC(NC(=O)c1c(N)[nH][n+]2cccnc12)c1nc2cccc(C#CC3(O)CN4CCC3CC4)c2c(=O)n1-c1ccccc1. The number of nitrogens with one attached hydrogen (secondary N) is 2. The second kappa shape index (κ2) is 10.3. The second-order valence-electron chi connectivity index (χ2n) is 11.3. The highest BCUT2D eigenvalue weighted by atomic mass is 16.3. The molecule has 1 amide bonds. The number of hydrogen-bond acceptors (Lipinski definition) is 7. The topological polar surface area (TPSA) is 146 Å². The molecule has 3 aliphatic heterocycles. The van der Waals surface area contributed by atoms with Gasteiger partial charge < -0.3 is 16.2 Å². The molecule has 3 fully saturated rings. The molecule has 3 aliphatic rings. The number of nitrogens with two attached hydrogens (primary N) is 1. The van der Waals surface area contributed by atoms with Crippen LogP contribution < -0.4 is 21.1 Å². The lowest BCUT2D eigenvalue weighted by Crippen LogP contribution is -2.58. The molecule has 0 spiro atoms. The number of aliphatic hydroxyl groups is 1. The number of nitrogen functional groups attached to an aromatic ring is 1. The minimum atomic E-state index is -1.11. The highest BCUT2D eigenvalue weighted by Crippen LogP contribution is 2.35. The van der Waals surface area contributed by atoms with Crippen LogP contribution in [0.5, 0.6) is 0 Å². The fraction of sp³-hybridized carbons (Fsp3) is 0.281. The molecule has 3 aromatic heterocycles. The van der Waals surface area contributed by atoms with Crippen molar-refractivity contribution in [2.45, 2.75) is 31.4 Å². The van der Waals surface area contributed by atoms with E-state index in [9.17, 15) is 14.7 Å². The Morgan fingerprint density at radius 2 is 1.98 bits per heavy atom. The van der Waals surface area contributed by atoms with Crippen LogP contribution in [0.1, 0.15) is 47.6 Å². The quantitative estimate of drug-likeness (QED) is 0.189. The highest BCUT2D eigenvalue weighted by molar-refractivity contribution is 6.03. The number of aromatic amines is 1. The molecule has 0 aliphatic carbocycles. The second-order valence-corrected chi connectivity index (χ2v) is 11.3. The maximum absolute atomic E-state index is 14.3. The van der Waals surface area contributed by atoms with E-state index in [1.165, 1.54) is 4.57 Å². The lowest BCUT2D eigenvalue weighted by Gasteiger charge is -2.47. The Bertz CT molecular complexity index is 2000. The van der Waals surface area contributed by atoms with Gasteiger partial charge in [0.05, 0.1) is 22.6 Å². The van der Waals surface area contributed by atoms with Crippen LogP contribution in [0.15, 0.2) is 71.8 Å². The summed E-state index contributed by atoms with van der Waals surface area (Å²) in [6.45, 7) is 4.24. The van der Waals surface area contributed by atoms with Gasteiger partial charge in [0.15, 0.2) is 11.4 Å². The Morgan fingerprint density at radius 1 is 1.19 bits per heavy atom. The molecule has 5 N–H and O–H groups in total. The molecule has 0 saturated carbocycles. The maximum Gasteiger partial charge on any atom is 0.362 e. The van der Waals surface area contributed by atoms with Gasteiger partial charge in [0, 0.05) is 24.1 Å². The van der Waals surface area contributed by atoms with E-state index >= 15 is 0 Å². The molecule has 11 heteroatoms. The average molecular weight is 576 g/mol. The molecule has 3 saturated heterocycles. The number of hydrogen-bond donors (Lipinski definition) is 4. The van der Waals surface area contributed by atoms with E-state index in [1.807, 2.05) is 30.3 Å². The number of amides is 1. The van der Waals surface area contributed by atoms with Crippen molar-refractivity contribution in [3.63, 3.8) is 0 Å². The van der Waals surface area contributed by atoms with E-state index in [4.69, 9.17) is 10.7 Å². The normalized spacial score (nSPS) is 21.8. The van der Waals surface area contributed by atoms with Crippen LogP contribution in [-0.4, -0.2) is 60.8 Å². The summed E-state index contributed by atoms with van der Waals surface area (Å²) in [6, 6.07) is 15.5. The zero-order chi connectivity index (χ0) is 29.7. The number of para-hydroxylation sites is 1. The number of benzene rings is 2. The van der Waals surface area contributed by atoms with E-state index in [0.717, 1.165) is 25.9 Å². The lowest BCUT2D eigenvalue weighted by molar-refractivity contribution is -0.577. The van der Waals surface area contributed by atoms with Gasteiger partial charge in [0.25, 0.3) is 11.5 Å². The van der Waals surface area contributed by atoms with Crippen molar-refractivity contribution in [2.75, 3.05) is 25.4 Å². The van der Waals surface area contributed by atoms with E-state index in [2.05, 4.69) is 32.1 Å². The Balaban J connectivity index is 1.32. The monoisotopic (exact) mass is 575 g/mol. The molecule has 0 radical (unpaired) electrons. The lowest BCUT2D eigenvalue weighted by atomic mass is 9.75. The molecule has 11 nitrogen and oxygen atoms in total. The molecule has 6 heterocycles. The molecule has 5 aromatic rings. The largest absolute Gasteiger partial charge is 0.382 e. The first-order valence-electron chi connectivity index (χ1n) is 14.4. The maximum atomic E-state index is 14.3. The van der Waals surface area contributed by atoms with E-state index in [1.54, 1.807) is 48.1 Å². The third-order valence-corrected chi connectivity index (χ3v) is 8.52. The number of aromatic nitrogens is 5. The van der Waals surface area contributed by atoms with Crippen LogP contribution in [0.4, 0.5) is 5.82 Å². The fourth-order valence-corrected chi connectivity index (χ4v) is 6.33. The minimum absolute atomic E-state index is 0.120. The molecular formula is C32H31N8O3+. The van der Waals surface area contributed by atoms with Crippen LogP contribution in [0.3, 0.4) is 0 Å². The van der Waals surface area contributed by atoms with Crippen molar-refractivity contribution >= 4 is 28.3 Å². The van der Waals surface area contributed by atoms with Gasteiger partial charge in [-0.1, -0.05) is 36.1 Å². The highest BCUT2D eigenvalue weighted by Gasteiger charge is 2.44. The standard InChI is InChI=1S/C32H30N8O3/c1-20(35-30(41)26-27(33)37-39-16-6-15-34-29(26)39)28-36-24-10-5-7-21(11-14-32(43)19-38-17-12-22(32)13-18-38)25(24)31(42)40(28)23-8-3-2-4-9-23/h2-10,15-16,20,22,43H,12-13,17-19H2,1H3,(H3,33,35,37,41)/p+1. The Morgan fingerprint density at radius 3 is 2.72 bits per heavy atom. The van der Waals surface area contributed by atoms with Crippen LogP contribution in [0.2, 0.25) is 0 Å². The summed E-state index contributed by atoms with van der Waals surface area (Å²) in [5.74, 6) is 6.46. The number of rotatable bonds is 4. The molecule has 2 aromatic carbocycles. The van der Waals surface area contributed by atoms with Crippen molar-refractivity contribution in [1.29, 1.82) is 0 Å². The van der Waals surface area contributed by atoms with Gasteiger partial charge >= 0.3 is 5.65 Å². The van der Waals surface area contributed by atoms with E-state index < -0.39 is 17.6 Å². The first-order chi connectivity index (χ1) is 20.8. The van der Waals surface area contributed by atoms with Crippen LogP contribution in [-0.2, 0) is 0 Å². The molecule has 8 rings (SSSR count). The van der Waals surface area contributed by atoms with Crippen molar-refractivity contribution in [1.82, 2.24) is 29.9 Å². The number of anilines is 1. The molecule has 2 unspecified atom stereocenters. The summed E-state index contributed by atoms with van der Waals surface area (Å²) < 4.78 is 3.07. The third kappa shape index (κ3) is 4.61. The van der Waals surface area contributed by atoms with Gasteiger partial charge in [-0.15, -0.1) is 4.52 Å². The number of H-pyrrole nitrogens is 1. The number of carbonyl (C=O) groups is 1. The van der Waals surface area contributed by atoms with Crippen LogP contribution in [0, 0.1) is 17.8 Å². The zero-order valence-electron chi connectivity index (χ0n) is 23.6.